The largest absolute Gasteiger partial charge is 0.256 e. The van der Waals surface area contributed by atoms with E-state index in [0.717, 1.165) is 0 Å². The quantitative estimate of drug-likeness (QED) is 0.0576. The summed E-state index contributed by atoms with van der Waals surface area (Å²) in [5.74, 6) is 4.52. The fourth-order valence-electron chi connectivity index (χ4n) is 14.1. The predicted molar refractivity (Wildman–Crippen MR) is 345 cm³/mol. The molecule has 0 bridgehead atoms. The Labute approximate surface area is 472 Å². The van der Waals surface area contributed by atoms with Crippen molar-refractivity contribution in [2.45, 2.75) is 291 Å². The average Bonchev–Trinajstić information content (AvgIpc) is 3.83. The van der Waals surface area contributed by atoms with E-state index in [0.29, 0.717) is 71.0 Å². The van der Waals surface area contributed by atoms with E-state index in [-0.39, 0.29) is 12.1 Å². The predicted octanol–water partition coefficient (Wildman–Crippen LogP) is 17.5. The van der Waals surface area contributed by atoms with Crippen LogP contribution in [0.2, 0.25) is 0 Å². The maximum Gasteiger partial charge on any atom is 0.191 e. The van der Waals surface area contributed by atoms with Crippen LogP contribution in [0.3, 0.4) is 0 Å². The van der Waals surface area contributed by atoms with Gasteiger partial charge in [-0.3, -0.25) is 7.83 Å². The van der Waals surface area contributed by atoms with Crippen molar-refractivity contribution in [1.29, 1.82) is 0 Å². The molecular weight excluding hydrogens is 965 g/mol. The van der Waals surface area contributed by atoms with Crippen molar-refractivity contribution in [1.82, 2.24) is 4.57 Å². The maximum atomic E-state index is 3.03. The molecule has 1 unspecified atom stereocenters. The number of hydrogen-bond donors (Lipinski definition) is 0. The average molecular weight is 1080 g/mol. The van der Waals surface area contributed by atoms with Crippen LogP contribution in [-0.2, 0) is 0 Å². The third-order valence-electron chi connectivity index (χ3n) is 18.2. The third-order valence-corrected chi connectivity index (χ3v) is 55.3. The molecule has 1 aliphatic heterocycles. The van der Waals surface area contributed by atoms with E-state index in [1.807, 2.05) is 20.7 Å². The smallest absolute Gasteiger partial charge is 0.191 e. The van der Waals surface area contributed by atoms with Gasteiger partial charge in [0.15, 0.2) is 5.45 Å². The van der Waals surface area contributed by atoms with Gasteiger partial charge >= 0.3 is 0 Å². The van der Waals surface area contributed by atoms with Crippen LogP contribution in [0.5, 0.6) is 0 Å². The van der Waals surface area contributed by atoms with Crippen LogP contribution in [-0.4, -0.2) is 26.6 Å². The van der Waals surface area contributed by atoms with Gasteiger partial charge < -0.3 is 0 Å². The zero-order valence-corrected chi connectivity index (χ0v) is 57.6. The van der Waals surface area contributed by atoms with Crippen molar-refractivity contribution < 1.29 is 4.57 Å². The van der Waals surface area contributed by atoms with Crippen molar-refractivity contribution in [2.24, 2.45) is 0 Å². The molecule has 0 N–H and O–H groups in total. The van der Waals surface area contributed by atoms with Crippen LogP contribution in [0.15, 0.2) is 48.5 Å². The summed E-state index contributed by atoms with van der Waals surface area (Å²) < 4.78 is 6.05. The van der Waals surface area contributed by atoms with Crippen LogP contribution in [0.1, 0.15) is 355 Å². The van der Waals surface area contributed by atoms with Gasteiger partial charge in [0.05, 0.1) is 19.2 Å². The Balaban J connectivity index is 2.36. The van der Waals surface area contributed by atoms with Crippen LogP contribution in [0.4, 0.5) is 0 Å². The number of imidazole rings is 1. The molecule has 418 valence electrons. The molecule has 5 heteroatoms. The van der Waals surface area contributed by atoms with Crippen molar-refractivity contribution in [3.63, 3.8) is 0 Å². The van der Waals surface area contributed by atoms with Crippen molar-refractivity contribution in [3.8, 4) is 0 Å². The van der Waals surface area contributed by atoms with E-state index in [4.69, 9.17) is 0 Å². The Hall–Kier alpha value is -3.26. The first-order valence-electron chi connectivity index (χ1n) is 30.9. The Morgan fingerprint density at radius 1 is 0.329 bits per heavy atom. The van der Waals surface area contributed by atoms with Gasteiger partial charge in [-0.1, -0.05) is 241 Å². The molecule has 0 amide bonds. The Morgan fingerprint density at radius 2 is 0.566 bits per heavy atom. The standard InChI is InChI=1S/C71H112N2Si3/c1-39(2)55-31-59(43(9)10)67(60(32-55)44(11)12)74-75(68-61(45(13)14)33-56(40(3)4)34-62(68)46(15)16,69-63(47(17)18)35-57(41(5)6)36-64(69)48(19)20)76(74,71-72(51(25)26)53(29)54(30)73(71)52(27)28)70-65(49(21)22)37-58(42(7)8)38-66(70)50(23)24/h31-52H,1-30H3. The van der Waals surface area contributed by atoms with Crippen LogP contribution in [0.25, 0.3) is 0 Å². The first-order valence-corrected chi connectivity index (χ1v) is 39.4. The SMILES string of the molecule is Cc1c(C)[n+](C(C)C)c([Si]2(c3c(C(C)C)cc(C(C)C)cc3C(C)C)[Si-](c3c(C(C)C)cc(C(C)C)cc3C(C)C)[Si]2(c2c(C(C)C)cc(C(C)C)cc2C(C)C)c2c(C(C)C)cc(C(C)C)cc2C(C)C)n1C(C)C. The molecule has 1 saturated heterocycles. The molecule has 1 atom stereocenters. The molecule has 1 aliphatic rings. The molecule has 4 aromatic carbocycles. The Morgan fingerprint density at radius 3 is 0.776 bits per heavy atom. The fourth-order valence-corrected chi connectivity index (χ4v) is 73.3. The molecule has 0 saturated carbocycles. The van der Waals surface area contributed by atoms with E-state index >= 15 is 0 Å². The topological polar surface area (TPSA) is 8.81 Å². The molecule has 6 rings (SSSR count). The van der Waals surface area contributed by atoms with E-state index in [2.05, 4.69) is 265 Å². The molecule has 5 aromatic rings. The van der Waals surface area contributed by atoms with Gasteiger partial charge in [-0.2, -0.15) is 5.19 Å². The molecule has 2 heterocycles. The van der Waals surface area contributed by atoms with E-state index in [9.17, 15) is 0 Å². The van der Waals surface area contributed by atoms with Crippen LogP contribution in [0, 0.1) is 13.8 Å². The minimum Gasteiger partial charge on any atom is -0.256 e. The second-order valence-corrected chi connectivity index (χ2v) is 51.1. The first kappa shape index (κ1) is 61.9. The highest BCUT2D eigenvalue weighted by Gasteiger charge is 2.77. The van der Waals surface area contributed by atoms with Gasteiger partial charge in [-0.05, 0) is 161 Å². The fraction of sp³-hybridized carbons (Fsp3) is 0.620. The Kier molecular flexibility index (Phi) is 18.8. The van der Waals surface area contributed by atoms with E-state index in [1.165, 1.54) is 33.6 Å². The van der Waals surface area contributed by atoms with Crippen LogP contribution >= 0.6 is 0 Å². The van der Waals surface area contributed by atoms with E-state index in [1.54, 1.807) is 50.0 Å². The second-order valence-electron chi connectivity index (χ2n) is 28.5. The van der Waals surface area contributed by atoms with Gasteiger partial charge in [-0.15, -0.1) is 0 Å². The van der Waals surface area contributed by atoms with Crippen molar-refractivity contribution in [2.75, 3.05) is 0 Å². The van der Waals surface area contributed by atoms with Gasteiger partial charge in [0.2, 0.25) is 0 Å². The monoisotopic (exact) mass is 1080 g/mol. The molecule has 76 heavy (non-hydrogen) atoms. The highest BCUT2D eigenvalue weighted by atomic mass is 30.2. The Bertz CT molecular complexity index is 2670. The zero-order chi connectivity index (χ0) is 57.4. The van der Waals surface area contributed by atoms with Gasteiger partial charge in [0, 0.05) is 13.8 Å². The molecule has 0 radical (unpaired) electrons. The third kappa shape index (κ3) is 10.2. The zero-order valence-electron chi connectivity index (χ0n) is 54.6. The minimum absolute atomic E-state index is 0.279. The van der Waals surface area contributed by atoms with Crippen molar-refractivity contribution >= 4 is 48.2 Å². The molecule has 0 aliphatic carbocycles. The summed E-state index contributed by atoms with van der Waals surface area (Å²) in [4.78, 5) is 0. The summed E-state index contributed by atoms with van der Waals surface area (Å²) in [6.07, 6.45) is 0. The van der Waals surface area contributed by atoms with Gasteiger partial charge in [0.1, 0.15) is 11.4 Å². The molecule has 0 spiro atoms. The number of nitrogens with zero attached hydrogens (tertiary/aromatic N) is 2. The summed E-state index contributed by atoms with van der Waals surface area (Å²) >= 11 is 0. The van der Waals surface area contributed by atoms with E-state index < -0.39 is 22.0 Å². The summed E-state index contributed by atoms with van der Waals surface area (Å²) in [6.45, 7) is 75.9. The lowest BCUT2D eigenvalue weighted by Gasteiger charge is -2.43. The first-order chi connectivity index (χ1) is 35.2. The molecular formula is C71H112N2Si3. The molecule has 1 fully saturated rings. The van der Waals surface area contributed by atoms with Gasteiger partial charge in [-0.25, -0.2) is 9.13 Å². The normalized spacial score (nSPS) is 16.2. The number of benzene rings is 4. The lowest BCUT2D eigenvalue weighted by atomic mass is 9.89. The van der Waals surface area contributed by atoms with Crippen molar-refractivity contribution in [3.05, 3.63) is 127 Å². The lowest BCUT2D eigenvalue weighted by molar-refractivity contribution is -0.704. The summed E-state index contributed by atoms with van der Waals surface area (Å²) in [5, 5.41) is 7.41. The highest BCUT2D eigenvalue weighted by Crippen LogP contribution is 2.51. The highest BCUT2D eigenvalue weighted by molar-refractivity contribution is 8.19. The minimum atomic E-state index is -3.27. The molecule has 2 nitrogen and oxygen atoms in total. The number of rotatable bonds is 19. The lowest BCUT2D eigenvalue weighted by Crippen LogP contribution is -2.76. The maximum absolute atomic E-state index is 3.27. The van der Waals surface area contributed by atoms with Gasteiger partial charge in [0.25, 0.3) is 0 Å². The summed E-state index contributed by atoms with van der Waals surface area (Å²) in [5.41, 5.74) is 24.0. The number of hydrogen-bond acceptors (Lipinski definition) is 0. The second kappa shape index (κ2) is 23.1. The molecule has 1 aromatic heterocycles. The van der Waals surface area contributed by atoms with Crippen LogP contribution < -0.4 is 30.8 Å². The number of aromatic nitrogens is 2. The summed E-state index contributed by atoms with van der Waals surface area (Å²) in [7, 11) is -8.17. The summed E-state index contributed by atoms with van der Waals surface area (Å²) in [6, 6.07) is 22.9.